The first-order chi connectivity index (χ1) is 8.83. The highest BCUT2D eigenvalue weighted by Crippen LogP contribution is 2.54. The van der Waals surface area contributed by atoms with Crippen LogP contribution in [0.2, 0.25) is 0 Å². The highest BCUT2D eigenvalue weighted by atomic mass is 28.2. The SMILES string of the molecule is CCCC(C)(C)C1=C(O[SiH3])C2=C(CCCC2(C)C)C1. The molecule has 0 unspecified atom stereocenters. The Morgan fingerprint density at radius 1 is 1.32 bits per heavy atom. The molecule has 108 valence electrons. The van der Waals surface area contributed by atoms with E-state index in [1.54, 1.807) is 16.7 Å². The lowest BCUT2D eigenvalue weighted by molar-refractivity contribution is 0.333. The molecule has 0 saturated heterocycles. The quantitative estimate of drug-likeness (QED) is 0.698. The molecule has 0 aromatic heterocycles. The average Bonchev–Trinajstić information content (AvgIpc) is 2.69. The Morgan fingerprint density at radius 2 is 2.00 bits per heavy atom. The molecule has 0 spiro atoms. The van der Waals surface area contributed by atoms with Crippen LogP contribution in [-0.2, 0) is 4.43 Å². The van der Waals surface area contributed by atoms with Crippen LogP contribution < -0.4 is 0 Å². The van der Waals surface area contributed by atoms with Gasteiger partial charge in [0.15, 0.2) is 0 Å². The summed E-state index contributed by atoms with van der Waals surface area (Å²) in [6.07, 6.45) is 7.64. The molecule has 19 heavy (non-hydrogen) atoms. The number of rotatable bonds is 4. The molecule has 2 heteroatoms. The fourth-order valence-corrected chi connectivity index (χ4v) is 4.56. The Balaban J connectivity index is 2.43. The smallest absolute Gasteiger partial charge is 0.204 e. The fourth-order valence-electron chi connectivity index (χ4n) is 4.11. The van der Waals surface area contributed by atoms with Crippen LogP contribution in [0.5, 0.6) is 0 Å². The molecule has 0 aromatic carbocycles. The molecule has 0 heterocycles. The van der Waals surface area contributed by atoms with Gasteiger partial charge in [-0.15, -0.1) is 0 Å². The summed E-state index contributed by atoms with van der Waals surface area (Å²) in [4.78, 5) is 0. The Labute approximate surface area is 122 Å². The van der Waals surface area contributed by atoms with E-state index in [4.69, 9.17) is 4.43 Å². The Morgan fingerprint density at radius 3 is 2.58 bits per heavy atom. The summed E-state index contributed by atoms with van der Waals surface area (Å²) >= 11 is 0. The zero-order valence-corrected chi connectivity index (χ0v) is 15.7. The van der Waals surface area contributed by atoms with Crippen LogP contribution in [0.25, 0.3) is 0 Å². The molecule has 1 nitrogen and oxygen atoms in total. The highest BCUT2D eigenvalue weighted by Gasteiger charge is 2.41. The second-order valence-electron chi connectivity index (χ2n) is 7.54. The van der Waals surface area contributed by atoms with Gasteiger partial charge in [-0.1, -0.05) is 46.6 Å². The van der Waals surface area contributed by atoms with E-state index in [2.05, 4.69) is 34.6 Å². The van der Waals surface area contributed by atoms with E-state index in [1.165, 1.54) is 44.3 Å². The summed E-state index contributed by atoms with van der Waals surface area (Å²) in [6.45, 7) is 11.9. The maximum Gasteiger partial charge on any atom is 0.204 e. The summed E-state index contributed by atoms with van der Waals surface area (Å²) in [5.41, 5.74) is 5.46. The molecule has 0 atom stereocenters. The maximum atomic E-state index is 6.02. The van der Waals surface area contributed by atoms with Gasteiger partial charge in [-0.2, -0.15) is 0 Å². The maximum absolute atomic E-state index is 6.02. The highest BCUT2D eigenvalue weighted by molar-refractivity contribution is 5.99. The first kappa shape index (κ1) is 14.9. The summed E-state index contributed by atoms with van der Waals surface area (Å²) in [5, 5.41) is 0. The third kappa shape index (κ3) is 2.56. The molecule has 0 bridgehead atoms. The van der Waals surface area contributed by atoms with E-state index in [0.717, 1.165) is 10.5 Å². The van der Waals surface area contributed by atoms with Crippen LogP contribution >= 0.6 is 0 Å². The van der Waals surface area contributed by atoms with Gasteiger partial charge in [0.25, 0.3) is 0 Å². The first-order valence-corrected chi connectivity index (χ1v) is 8.65. The van der Waals surface area contributed by atoms with E-state index in [9.17, 15) is 0 Å². The largest absolute Gasteiger partial charge is 0.553 e. The minimum Gasteiger partial charge on any atom is -0.553 e. The van der Waals surface area contributed by atoms with Crippen LogP contribution in [0.15, 0.2) is 22.5 Å². The van der Waals surface area contributed by atoms with Crippen LogP contribution in [0.1, 0.15) is 73.1 Å². The zero-order chi connectivity index (χ0) is 14.3. The van der Waals surface area contributed by atoms with E-state index >= 15 is 0 Å². The molecular weight excluding hydrogens is 248 g/mol. The predicted octanol–water partition coefficient (Wildman–Crippen LogP) is 4.27. The molecule has 2 aliphatic rings. The van der Waals surface area contributed by atoms with Crippen molar-refractivity contribution >= 4 is 10.5 Å². The molecule has 0 aliphatic heterocycles. The minimum atomic E-state index is 0.294. The molecule has 0 saturated carbocycles. The van der Waals surface area contributed by atoms with Crippen LogP contribution in [0.4, 0.5) is 0 Å². The van der Waals surface area contributed by atoms with Crippen molar-refractivity contribution in [1.29, 1.82) is 0 Å². The molecule has 0 aromatic rings. The number of hydrogen-bond donors (Lipinski definition) is 0. The molecule has 0 N–H and O–H groups in total. The Hall–Kier alpha value is -0.503. The molecule has 0 radical (unpaired) electrons. The lowest BCUT2D eigenvalue weighted by atomic mass is 9.73. The summed E-state index contributed by atoms with van der Waals surface area (Å²) < 4.78 is 6.02. The van der Waals surface area contributed by atoms with Gasteiger partial charge in [0.2, 0.25) is 10.5 Å². The van der Waals surface area contributed by atoms with Gasteiger partial charge in [0.1, 0.15) is 5.76 Å². The van der Waals surface area contributed by atoms with E-state index < -0.39 is 0 Å². The summed E-state index contributed by atoms with van der Waals surface area (Å²) in [5.74, 6) is 1.30. The van der Waals surface area contributed by atoms with E-state index in [-0.39, 0.29) is 0 Å². The first-order valence-electron chi connectivity index (χ1n) is 7.84. The molecule has 2 rings (SSSR count). The second kappa shape index (κ2) is 5.12. The molecule has 0 fully saturated rings. The van der Waals surface area contributed by atoms with Gasteiger partial charge in [0.05, 0.1) is 0 Å². The third-order valence-corrected chi connectivity index (χ3v) is 5.51. The van der Waals surface area contributed by atoms with Crippen molar-refractivity contribution in [1.82, 2.24) is 0 Å². The van der Waals surface area contributed by atoms with E-state index in [0.29, 0.717) is 10.8 Å². The van der Waals surface area contributed by atoms with Crippen molar-refractivity contribution in [3.05, 3.63) is 22.5 Å². The van der Waals surface area contributed by atoms with Gasteiger partial charge in [-0.25, -0.2) is 0 Å². The third-order valence-electron chi connectivity index (χ3n) is 5.10. The normalized spacial score (nSPS) is 23.0. The predicted molar refractivity (Wildman–Crippen MR) is 86.0 cm³/mol. The summed E-state index contributed by atoms with van der Waals surface area (Å²) in [6, 6.07) is 0. The fraction of sp³-hybridized carbons (Fsp3) is 0.765. The van der Waals surface area contributed by atoms with Crippen molar-refractivity contribution < 1.29 is 4.43 Å². The standard InChI is InChI=1S/C17H30OSi/c1-6-9-16(2,3)13-11-12-8-7-10-17(4,5)14(12)15(13)18-19/h6-11H2,1-5,19H3. The summed E-state index contributed by atoms with van der Waals surface area (Å²) in [7, 11) is 0.805. The van der Waals surface area contributed by atoms with Gasteiger partial charge in [-0.3, -0.25) is 0 Å². The monoisotopic (exact) mass is 278 g/mol. The van der Waals surface area contributed by atoms with Crippen molar-refractivity contribution in [3.63, 3.8) is 0 Å². The average molecular weight is 279 g/mol. The van der Waals surface area contributed by atoms with Gasteiger partial charge in [-0.05, 0) is 54.1 Å². The van der Waals surface area contributed by atoms with Crippen molar-refractivity contribution in [2.24, 2.45) is 10.8 Å². The van der Waals surface area contributed by atoms with Crippen molar-refractivity contribution in [2.75, 3.05) is 0 Å². The topological polar surface area (TPSA) is 9.23 Å². The second-order valence-corrected chi connectivity index (χ2v) is 7.95. The molecule has 2 aliphatic carbocycles. The molecule has 0 amide bonds. The van der Waals surface area contributed by atoms with Crippen LogP contribution in [0, 0.1) is 10.8 Å². The van der Waals surface area contributed by atoms with Crippen molar-refractivity contribution in [2.45, 2.75) is 73.1 Å². The van der Waals surface area contributed by atoms with Gasteiger partial charge in [0, 0.05) is 0 Å². The van der Waals surface area contributed by atoms with E-state index in [1.807, 2.05) is 0 Å². The zero-order valence-electron chi connectivity index (χ0n) is 13.7. The minimum absolute atomic E-state index is 0.294. The number of hydrogen-bond acceptors (Lipinski definition) is 1. The molecular formula is C17H30OSi. The lowest BCUT2D eigenvalue weighted by Gasteiger charge is -2.34. The Bertz CT molecular complexity index is 427. The lowest BCUT2D eigenvalue weighted by Crippen LogP contribution is -2.21. The Kier molecular flexibility index (Phi) is 4.01. The van der Waals surface area contributed by atoms with Gasteiger partial charge >= 0.3 is 0 Å². The number of allylic oxidation sites excluding steroid dienone is 3. The van der Waals surface area contributed by atoms with Crippen LogP contribution in [0.3, 0.4) is 0 Å². The van der Waals surface area contributed by atoms with Crippen LogP contribution in [-0.4, -0.2) is 10.5 Å². The van der Waals surface area contributed by atoms with Gasteiger partial charge < -0.3 is 4.43 Å². The van der Waals surface area contributed by atoms with Crippen molar-refractivity contribution in [3.8, 4) is 0 Å².